The first kappa shape index (κ1) is 14.3. The summed E-state index contributed by atoms with van der Waals surface area (Å²) in [5.74, 6) is -3.65. The molecule has 0 saturated carbocycles. The molecule has 1 aliphatic rings. The van der Waals surface area contributed by atoms with E-state index in [0.717, 1.165) is 10.8 Å². The van der Waals surface area contributed by atoms with Crippen LogP contribution in [0.4, 0.5) is 5.69 Å². The number of ether oxygens (including phenoxy) is 2. The van der Waals surface area contributed by atoms with Crippen LogP contribution in [-0.4, -0.2) is 23.9 Å². The second-order valence-electron chi connectivity index (χ2n) is 5.50. The topological polar surface area (TPSA) is 65.0 Å². The number of nitrogens with zero attached hydrogens (tertiary/aromatic N) is 1. The molecule has 0 bridgehead atoms. The van der Waals surface area contributed by atoms with Crippen molar-refractivity contribution in [3.05, 3.63) is 42.5 Å². The molecule has 0 atom stereocenters. The first-order valence-electron chi connectivity index (χ1n) is 6.94. The van der Waals surface area contributed by atoms with Gasteiger partial charge in [0, 0.05) is 25.4 Å². The molecule has 0 aliphatic carbocycles. The Morgan fingerprint density at radius 1 is 1.00 bits per heavy atom. The molecule has 5 heteroatoms. The van der Waals surface area contributed by atoms with E-state index >= 15 is 0 Å². The highest BCUT2D eigenvalue weighted by Gasteiger charge is 2.42. The summed E-state index contributed by atoms with van der Waals surface area (Å²) in [6.45, 7) is 3.03. The first-order valence-corrected chi connectivity index (χ1v) is 6.94. The number of esters is 2. The van der Waals surface area contributed by atoms with Crippen LogP contribution in [0.2, 0.25) is 0 Å². The van der Waals surface area contributed by atoms with Gasteiger partial charge < -0.3 is 9.47 Å². The molecule has 0 unspecified atom stereocenters. The molecule has 1 heterocycles. The number of hydrogen-bond acceptors (Lipinski definition) is 5. The standard InChI is InChI=1S/C17H15NO4/c1-17(2)21-15(19)13(16(20)22-17)10-18-14-9-5-7-11-6-3-4-8-12(11)14/h3-10,13H,1-2H3. The lowest BCUT2D eigenvalue weighted by Gasteiger charge is -2.31. The van der Waals surface area contributed by atoms with E-state index in [-0.39, 0.29) is 0 Å². The smallest absolute Gasteiger partial charge is 0.329 e. The van der Waals surface area contributed by atoms with Crippen LogP contribution in [0, 0.1) is 5.92 Å². The predicted molar refractivity (Wildman–Crippen MR) is 81.9 cm³/mol. The Hall–Kier alpha value is -2.69. The van der Waals surface area contributed by atoms with E-state index in [1.165, 1.54) is 20.1 Å². The van der Waals surface area contributed by atoms with Crippen molar-refractivity contribution >= 4 is 34.6 Å². The number of carbonyl (C=O) groups is 2. The molecular formula is C17H15NO4. The van der Waals surface area contributed by atoms with Crippen LogP contribution in [0.1, 0.15) is 13.8 Å². The number of carbonyl (C=O) groups excluding carboxylic acids is 2. The third-order valence-corrected chi connectivity index (χ3v) is 3.33. The summed E-state index contributed by atoms with van der Waals surface area (Å²) in [6, 6.07) is 13.4. The minimum atomic E-state index is -1.22. The fourth-order valence-corrected chi connectivity index (χ4v) is 2.33. The van der Waals surface area contributed by atoms with Gasteiger partial charge in [-0.05, 0) is 11.5 Å². The van der Waals surface area contributed by atoms with Gasteiger partial charge >= 0.3 is 11.9 Å². The number of aliphatic imine (C=N–C) groups is 1. The molecule has 0 radical (unpaired) electrons. The highest BCUT2D eigenvalue weighted by molar-refractivity contribution is 6.11. The van der Waals surface area contributed by atoms with Crippen LogP contribution in [0.25, 0.3) is 10.8 Å². The quantitative estimate of drug-likeness (QED) is 0.485. The highest BCUT2D eigenvalue weighted by Crippen LogP contribution is 2.27. The van der Waals surface area contributed by atoms with Crippen molar-refractivity contribution in [2.45, 2.75) is 19.6 Å². The molecule has 0 amide bonds. The maximum atomic E-state index is 11.9. The van der Waals surface area contributed by atoms with Gasteiger partial charge in [-0.1, -0.05) is 36.4 Å². The molecular weight excluding hydrogens is 282 g/mol. The van der Waals surface area contributed by atoms with Gasteiger partial charge in [0.15, 0.2) is 5.92 Å². The Kier molecular flexibility index (Phi) is 3.41. The number of cyclic esters (lactones) is 2. The summed E-state index contributed by atoms with van der Waals surface area (Å²) >= 11 is 0. The summed E-state index contributed by atoms with van der Waals surface area (Å²) < 4.78 is 10.1. The maximum absolute atomic E-state index is 11.9. The molecule has 0 spiro atoms. The van der Waals surface area contributed by atoms with Crippen LogP contribution in [-0.2, 0) is 19.1 Å². The monoisotopic (exact) mass is 297 g/mol. The zero-order chi connectivity index (χ0) is 15.7. The second kappa shape index (κ2) is 5.26. The van der Waals surface area contributed by atoms with Crippen molar-refractivity contribution in [1.82, 2.24) is 0 Å². The van der Waals surface area contributed by atoms with Gasteiger partial charge in [-0.25, -0.2) is 0 Å². The van der Waals surface area contributed by atoms with Crippen LogP contribution >= 0.6 is 0 Å². The largest absolute Gasteiger partial charge is 0.422 e. The minimum absolute atomic E-state index is 0.648. The summed E-state index contributed by atoms with van der Waals surface area (Å²) in [7, 11) is 0. The molecule has 2 aromatic carbocycles. The average Bonchev–Trinajstić information content (AvgIpc) is 2.45. The van der Waals surface area contributed by atoms with Gasteiger partial charge in [0.25, 0.3) is 5.79 Å². The van der Waals surface area contributed by atoms with Gasteiger partial charge in [-0.3, -0.25) is 14.6 Å². The third-order valence-electron chi connectivity index (χ3n) is 3.33. The Morgan fingerprint density at radius 3 is 2.36 bits per heavy atom. The number of fused-ring (bicyclic) bond motifs is 1. The van der Waals surface area contributed by atoms with Crippen LogP contribution < -0.4 is 0 Å². The zero-order valence-corrected chi connectivity index (χ0v) is 12.3. The molecule has 1 saturated heterocycles. The molecule has 5 nitrogen and oxygen atoms in total. The van der Waals surface area contributed by atoms with E-state index < -0.39 is 23.6 Å². The van der Waals surface area contributed by atoms with E-state index in [9.17, 15) is 9.59 Å². The summed E-state index contributed by atoms with van der Waals surface area (Å²) in [5.41, 5.74) is 0.684. The molecule has 1 fully saturated rings. The zero-order valence-electron chi connectivity index (χ0n) is 12.3. The van der Waals surface area contributed by atoms with E-state index in [4.69, 9.17) is 9.47 Å². The normalized spacial score (nSPS) is 18.5. The van der Waals surface area contributed by atoms with Crippen LogP contribution in [0.5, 0.6) is 0 Å². The van der Waals surface area contributed by atoms with E-state index in [2.05, 4.69) is 4.99 Å². The van der Waals surface area contributed by atoms with Gasteiger partial charge in [0.05, 0.1) is 5.69 Å². The number of benzene rings is 2. The van der Waals surface area contributed by atoms with Gasteiger partial charge in [0.1, 0.15) is 0 Å². The fourth-order valence-electron chi connectivity index (χ4n) is 2.33. The van der Waals surface area contributed by atoms with Crippen molar-refractivity contribution in [3.8, 4) is 0 Å². The summed E-state index contributed by atoms with van der Waals surface area (Å²) in [4.78, 5) is 28.1. The number of rotatable bonds is 2. The molecule has 2 aromatic rings. The predicted octanol–water partition coefficient (Wildman–Crippen LogP) is 2.99. The van der Waals surface area contributed by atoms with Crippen molar-refractivity contribution in [2.24, 2.45) is 10.9 Å². The van der Waals surface area contributed by atoms with Gasteiger partial charge in [-0.15, -0.1) is 0 Å². The van der Waals surface area contributed by atoms with Crippen molar-refractivity contribution in [2.75, 3.05) is 0 Å². The minimum Gasteiger partial charge on any atom is -0.422 e. The molecule has 1 aliphatic heterocycles. The van der Waals surface area contributed by atoms with E-state index in [1.54, 1.807) is 0 Å². The lowest BCUT2D eigenvalue weighted by atomic mass is 10.1. The fraction of sp³-hybridized carbons (Fsp3) is 0.235. The third kappa shape index (κ3) is 2.70. The highest BCUT2D eigenvalue weighted by atomic mass is 16.7. The molecule has 0 aromatic heterocycles. The molecule has 0 N–H and O–H groups in total. The Labute approximate surface area is 127 Å². The Balaban J connectivity index is 1.90. The van der Waals surface area contributed by atoms with Crippen LogP contribution in [0.3, 0.4) is 0 Å². The lowest BCUT2D eigenvalue weighted by molar-refractivity contribution is -0.235. The summed E-state index contributed by atoms with van der Waals surface area (Å²) in [6.07, 6.45) is 1.28. The second-order valence-corrected chi connectivity index (χ2v) is 5.50. The van der Waals surface area contributed by atoms with Crippen LogP contribution in [0.15, 0.2) is 47.5 Å². The molecule has 112 valence electrons. The van der Waals surface area contributed by atoms with Gasteiger partial charge in [0.2, 0.25) is 0 Å². The molecule has 22 heavy (non-hydrogen) atoms. The average molecular weight is 297 g/mol. The van der Waals surface area contributed by atoms with Gasteiger partial charge in [-0.2, -0.15) is 0 Å². The SMILES string of the molecule is CC1(C)OC(=O)C(C=Nc2cccc3ccccc23)C(=O)O1. The number of hydrogen-bond donors (Lipinski definition) is 0. The van der Waals surface area contributed by atoms with E-state index in [1.807, 2.05) is 42.5 Å². The Morgan fingerprint density at radius 2 is 1.64 bits per heavy atom. The lowest BCUT2D eigenvalue weighted by Crippen LogP contribution is -2.46. The first-order chi connectivity index (χ1) is 10.5. The summed E-state index contributed by atoms with van der Waals surface area (Å²) in [5, 5.41) is 1.98. The molecule has 3 rings (SSSR count). The maximum Gasteiger partial charge on any atom is 0.329 e. The van der Waals surface area contributed by atoms with Crippen molar-refractivity contribution in [1.29, 1.82) is 0 Å². The van der Waals surface area contributed by atoms with E-state index in [0.29, 0.717) is 5.69 Å². The van der Waals surface area contributed by atoms with Crippen molar-refractivity contribution in [3.63, 3.8) is 0 Å². The Bertz CT molecular complexity index is 754. The van der Waals surface area contributed by atoms with Crippen molar-refractivity contribution < 1.29 is 19.1 Å².